The lowest BCUT2D eigenvalue weighted by Gasteiger charge is -2.07. The fraction of sp³-hybridized carbons (Fsp3) is 0.133. The minimum Gasteiger partial charge on any atom is -0.326 e. The van der Waals surface area contributed by atoms with Gasteiger partial charge in [0.1, 0.15) is 0 Å². The summed E-state index contributed by atoms with van der Waals surface area (Å²) >= 11 is 7.80. The number of carbonyl (C=O) groups excluding carboxylic acids is 1. The third-order valence-corrected chi connectivity index (χ3v) is 4.14. The van der Waals surface area contributed by atoms with Crippen LogP contribution in [0.1, 0.15) is 12.5 Å². The third-order valence-electron chi connectivity index (χ3n) is 2.63. The summed E-state index contributed by atoms with van der Waals surface area (Å²) in [7, 11) is 0. The van der Waals surface area contributed by atoms with E-state index >= 15 is 0 Å². The average molecular weight is 307 g/mol. The van der Waals surface area contributed by atoms with Crippen LogP contribution in [0.25, 0.3) is 0 Å². The molecule has 0 aliphatic carbocycles. The van der Waals surface area contributed by atoms with Gasteiger partial charge in [0, 0.05) is 28.9 Å². The highest BCUT2D eigenvalue weighted by molar-refractivity contribution is 7.99. The summed E-state index contributed by atoms with van der Waals surface area (Å²) in [6, 6.07) is 13.5. The molecule has 20 heavy (non-hydrogen) atoms. The molecular formula is C15H15ClN2OS. The Morgan fingerprint density at radius 1 is 1.25 bits per heavy atom. The van der Waals surface area contributed by atoms with Gasteiger partial charge >= 0.3 is 0 Å². The second-order valence-electron chi connectivity index (χ2n) is 4.28. The Hall–Kier alpha value is -1.49. The molecule has 0 aliphatic heterocycles. The average Bonchev–Trinajstić information content (AvgIpc) is 2.42. The Morgan fingerprint density at radius 3 is 2.50 bits per heavy atom. The molecule has 0 bridgehead atoms. The van der Waals surface area contributed by atoms with E-state index < -0.39 is 0 Å². The maximum absolute atomic E-state index is 11.0. The molecule has 0 atom stereocenters. The molecule has 0 aliphatic rings. The van der Waals surface area contributed by atoms with Crippen LogP contribution in [0, 0.1) is 0 Å². The molecule has 0 saturated carbocycles. The Bertz CT molecular complexity index is 614. The zero-order chi connectivity index (χ0) is 14.5. The van der Waals surface area contributed by atoms with Gasteiger partial charge in [-0.1, -0.05) is 29.4 Å². The van der Waals surface area contributed by atoms with Gasteiger partial charge in [-0.25, -0.2) is 0 Å². The van der Waals surface area contributed by atoms with Crippen LogP contribution in [0.3, 0.4) is 0 Å². The number of anilines is 1. The minimum atomic E-state index is -0.0779. The smallest absolute Gasteiger partial charge is 0.221 e. The number of nitrogens with two attached hydrogens (primary N) is 1. The lowest BCUT2D eigenvalue weighted by Crippen LogP contribution is -2.05. The minimum absolute atomic E-state index is 0.0779. The molecule has 0 aromatic heterocycles. The number of rotatable bonds is 4. The third kappa shape index (κ3) is 4.00. The van der Waals surface area contributed by atoms with Crippen molar-refractivity contribution >= 4 is 35.0 Å². The topological polar surface area (TPSA) is 55.1 Å². The van der Waals surface area contributed by atoms with Gasteiger partial charge in [-0.3, -0.25) is 4.79 Å². The quantitative estimate of drug-likeness (QED) is 0.900. The fourth-order valence-corrected chi connectivity index (χ4v) is 2.83. The molecule has 0 unspecified atom stereocenters. The number of halogens is 1. The van der Waals surface area contributed by atoms with Crippen molar-refractivity contribution in [3.8, 4) is 0 Å². The molecule has 104 valence electrons. The van der Waals surface area contributed by atoms with Crippen LogP contribution in [0.5, 0.6) is 0 Å². The highest BCUT2D eigenvalue weighted by Gasteiger charge is 2.04. The van der Waals surface area contributed by atoms with Crippen LogP contribution in [0.15, 0.2) is 52.3 Å². The molecule has 3 N–H and O–H groups in total. The van der Waals surface area contributed by atoms with E-state index in [9.17, 15) is 4.79 Å². The first kappa shape index (κ1) is 14.9. The molecule has 3 nitrogen and oxygen atoms in total. The SMILES string of the molecule is CC(=O)Nc1ccc(Sc2ccc(CN)cc2Cl)cc1. The summed E-state index contributed by atoms with van der Waals surface area (Å²) in [4.78, 5) is 13.0. The lowest BCUT2D eigenvalue weighted by atomic mass is 10.2. The van der Waals surface area contributed by atoms with Crippen molar-refractivity contribution in [2.75, 3.05) is 5.32 Å². The van der Waals surface area contributed by atoms with Crippen LogP contribution < -0.4 is 11.1 Å². The number of amides is 1. The summed E-state index contributed by atoms with van der Waals surface area (Å²) in [5, 5.41) is 3.43. The Balaban J connectivity index is 2.12. The zero-order valence-electron chi connectivity index (χ0n) is 11.0. The van der Waals surface area contributed by atoms with Crippen LogP contribution >= 0.6 is 23.4 Å². The van der Waals surface area contributed by atoms with E-state index in [0.717, 1.165) is 21.0 Å². The Kier molecular flexibility index (Phi) is 5.06. The largest absolute Gasteiger partial charge is 0.326 e. The van der Waals surface area contributed by atoms with E-state index in [4.69, 9.17) is 17.3 Å². The molecule has 0 spiro atoms. The fourth-order valence-electron chi connectivity index (χ4n) is 1.69. The van der Waals surface area contributed by atoms with Crippen molar-refractivity contribution in [3.05, 3.63) is 53.1 Å². The molecule has 2 rings (SSSR count). The molecule has 1 amide bonds. The van der Waals surface area contributed by atoms with E-state index in [2.05, 4.69) is 5.32 Å². The first-order valence-electron chi connectivity index (χ1n) is 6.12. The van der Waals surface area contributed by atoms with Gasteiger partial charge < -0.3 is 11.1 Å². The predicted molar refractivity (Wildman–Crippen MR) is 84.2 cm³/mol. The summed E-state index contributed by atoms with van der Waals surface area (Å²) < 4.78 is 0. The van der Waals surface area contributed by atoms with Crippen LogP contribution in [0.2, 0.25) is 5.02 Å². The van der Waals surface area contributed by atoms with Gasteiger partial charge in [0.15, 0.2) is 0 Å². The van der Waals surface area contributed by atoms with E-state index in [1.807, 2.05) is 42.5 Å². The Morgan fingerprint density at radius 2 is 1.95 bits per heavy atom. The number of hydrogen-bond acceptors (Lipinski definition) is 3. The first-order valence-corrected chi connectivity index (χ1v) is 7.32. The van der Waals surface area contributed by atoms with Gasteiger partial charge in [0.25, 0.3) is 0 Å². The molecule has 0 heterocycles. The highest BCUT2D eigenvalue weighted by Crippen LogP contribution is 2.34. The number of benzene rings is 2. The van der Waals surface area contributed by atoms with Gasteiger partial charge in [-0.15, -0.1) is 0 Å². The molecule has 2 aromatic carbocycles. The monoisotopic (exact) mass is 306 g/mol. The molecule has 2 aromatic rings. The van der Waals surface area contributed by atoms with E-state index in [1.165, 1.54) is 6.92 Å². The maximum atomic E-state index is 11.0. The number of carbonyl (C=O) groups is 1. The van der Waals surface area contributed by atoms with Gasteiger partial charge in [-0.2, -0.15) is 0 Å². The molecule has 0 radical (unpaired) electrons. The molecule has 0 fully saturated rings. The number of nitrogens with one attached hydrogen (secondary N) is 1. The van der Waals surface area contributed by atoms with E-state index in [1.54, 1.807) is 11.8 Å². The summed E-state index contributed by atoms with van der Waals surface area (Å²) in [5.74, 6) is -0.0779. The van der Waals surface area contributed by atoms with Crippen molar-refractivity contribution in [1.82, 2.24) is 0 Å². The van der Waals surface area contributed by atoms with Crippen LogP contribution in [-0.2, 0) is 11.3 Å². The van der Waals surface area contributed by atoms with Crippen LogP contribution in [0.4, 0.5) is 5.69 Å². The second-order valence-corrected chi connectivity index (χ2v) is 5.80. The number of hydrogen-bond donors (Lipinski definition) is 2. The van der Waals surface area contributed by atoms with Crippen molar-refractivity contribution in [2.45, 2.75) is 23.3 Å². The lowest BCUT2D eigenvalue weighted by molar-refractivity contribution is -0.114. The predicted octanol–water partition coefficient (Wildman–Crippen LogP) is 3.91. The molecular weight excluding hydrogens is 292 g/mol. The van der Waals surface area contributed by atoms with Crippen molar-refractivity contribution in [1.29, 1.82) is 0 Å². The van der Waals surface area contributed by atoms with Crippen molar-refractivity contribution in [2.24, 2.45) is 5.73 Å². The maximum Gasteiger partial charge on any atom is 0.221 e. The first-order chi connectivity index (χ1) is 9.58. The normalized spacial score (nSPS) is 10.3. The van der Waals surface area contributed by atoms with E-state index in [0.29, 0.717) is 11.6 Å². The van der Waals surface area contributed by atoms with Gasteiger partial charge in [-0.05, 0) is 42.0 Å². The molecule has 0 saturated heterocycles. The summed E-state index contributed by atoms with van der Waals surface area (Å²) in [5.41, 5.74) is 7.38. The Labute approximate surface area is 127 Å². The second kappa shape index (κ2) is 6.79. The van der Waals surface area contributed by atoms with Crippen molar-refractivity contribution in [3.63, 3.8) is 0 Å². The van der Waals surface area contributed by atoms with Gasteiger partial charge in [0.05, 0.1) is 5.02 Å². The molecule has 5 heteroatoms. The van der Waals surface area contributed by atoms with Gasteiger partial charge in [0.2, 0.25) is 5.91 Å². The zero-order valence-corrected chi connectivity index (χ0v) is 12.6. The summed E-state index contributed by atoms with van der Waals surface area (Å²) in [6.07, 6.45) is 0. The van der Waals surface area contributed by atoms with Crippen molar-refractivity contribution < 1.29 is 4.79 Å². The van der Waals surface area contributed by atoms with Crippen LogP contribution in [-0.4, -0.2) is 5.91 Å². The van der Waals surface area contributed by atoms with E-state index in [-0.39, 0.29) is 5.91 Å². The highest BCUT2D eigenvalue weighted by atomic mass is 35.5. The summed E-state index contributed by atoms with van der Waals surface area (Å²) in [6.45, 7) is 1.97. The standard InChI is InChI=1S/C15H15ClN2OS/c1-10(19)18-12-3-5-13(6-4-12)20-15-7-2-11(9-17)8-14(15)16/h2-8H,9,17H2,1H3,(H,18,19).